The highest BCUT2D eigenvalue weighted by Crippen LogP contribution is 2.34. The summed E-state index contributed by atoms with van der Waals surface area (Å²) in [5.74, 6) is -0.387. The topological polar surface area (TPSA) is 88.0 Å². The van der Waals surface area contributed by atoms with E-state index in [1.54, 1.807) is 25.1 Å². The van der Waals surface area contributed by atoms with Gasteiger partial charge in [-0.2, -0.15) is 0 Å². The molecule has 2 aromatic heterocycles. The third-order valence-electron chi connectivity index (χ3n) is 3.25. The van der Waals surface area contributed by atoms with Gasteiger partial charge < -0.3 is 16.0 Å². The smallest absolute Gasteiger partial charge is 0.267 e. The summed E-state index contributed by atoms with van der Waals surface area (Å²) in [5.41, 5.74) is 7.38. The molecular weight excluding hydrogens is 357 g/mol. The van der Waals surface area contributed by atoms with Crippen LogP contribution in [-0.2, 0) is 0 Å². The molecule has 8 heteroatoms. The second-order valence-electron chi connectivity index (χ2n) is 4.98. The van der Waals surface area contributed by atoms with Crippen LogP contribution in [0.5, 0.6) is 0 Å². The first kappa shape index (κ1) is 15.9. The van der Waals surface area contributed by atoms with E-state index in [1.165, 1.54) is 6.07 Å². The van der Waals surface area contributed by atoms with Gasteiger partial charge in [0.25, 0.3) is 5.91 Å². The van der Waals surface area contributed by atoms with Crippen molar-refractivity contribution in [1.82, 2.24) is 4.98 Å². The second-order valence-corrected chi connectivity index (χ2v) is 6.87. The lowest BCUT2D eigenvalue weighted by molar-refractivity contribution is 0.103. The molecule has 5 nitrogen and oxygen atoms in total. The molecule has 0 aliphatic heterocycles. The Bertz CT molecular complexity index is 974. The van der Waals surface area contributed by atoms with Crippen LogP contribution in [-0.4, -0.2) is 10.9 Å². The SMILES string of the molecule is Cc1cc(=O)[nH]c2sc(C(=O)Nc3cc(Cl)cc(Cl)c3)c(N)c12. The zero-order valence-corrected chi connectivity index (χ0v) is 14.2. The number of aromatic amines is 1. The third-order valence-corrected chi connectivity index (χ3v) is 4.81. The van der Waals surface area contributed by atoms with Gasteiger partial charge in [0.1, 0.15) is 9.71 Å². The molecule has 118 valence electrons. The van der Waals surface area contributed by atoms with Crippen molar-refractivity contribution < 1.29 is 4.79 Å². The first-order chi connectivity index (χ1) is 10.8. The van der Waals surface area contributed by atoms with Crippen LogP contribution in [0.3, 0.4) is 0 Å². The summed E-state index contributed by atoms with van der Waals surface area (Å²) >= 11 is 13.0. The van der Waals surface area contributed by atoms with Crippen molar-refractivity contribution in [3.63, 3.8) is 0 Å². The molecule has 1 amide bonds. The Morgan fingerprint density at radius 1 is 1.22 bits per heavy atom. The number of aryl methyl sites for hydroxylation is 1. The van der Waals surface area contributed by atoms with E-state index < -0.39 is 0 Å². The second kappa shape index (κ2) is 5.88. The van der Waals surface area contributed by atoms with Gasteiger partial charge >= 0.3 is 0 Å². The predicted octanol–water partition coefficient (Wildman–Crippen LogP) is 4.04. The standard InChI is InChI=1S/C15H11Cl2N3O2S/c1-6-2-10(21)20-15-11(6)12(18)13(23-15)14(22)19-9-4-7(16)3-8(17)5-9/h2-5H,18H2,1H3,(H,19,22)(H,20,21). The van der Waals surface area contributed by atoms with E-state index in [1.807, 2.05) is 0 Å². The van der Waals surface area contributed by atoms with Crippen molar-refractivity contribution in [2.75, 3.05) is 11.1 Å². The number of rotatable bonds is 2. The Morgan fingerprint density at radius 3 is 2.52 bits per heavy atom. The van der Waals surface area contributed by atoms with Crippen LogP contribution in [0.25, 0.3) is 10.2 Å². The van der Waals surface area contributed by atoms with Gasteiger partial charge in [-0.3, -0.25) is 9.59 Å². The van der Waals surface area contributed by atoms with E-state index >= 15 is 0 Å². The Kier molecular flexibility index (Phi) is 4.06. The minimum Gasteiger partial charge on any atom is -0.397 e. The molecule has 0 fully saturated rings. The largest absolute Gasteiger partial charge is 0.397 e. The lowest BCUT2D eigenvalue weighted by Crippen LogP contribution is -2.12. The zero-order valence-electron chi connectivity index (χ0n) is 11.9. The number of halogens is 2. The van der Waals surface area contributed by atoms with Gasteiger partial charge in [-0.25, -0.2) is 0 Å². The Hall–Kier alpha value is -2.02. The number of H-pyrrole nitrogens is 1. The van der Waals surface area contributed by atoms with E-state index in [9.17, 15) is 9.59 Å². The summed E-state index contributed by atoms with van der Waals surface area (Å²) in [5, 5.41) is 4.22. The van der Waals surface area contributed by atoms with Crippen LogP contribution in [0.4, 0.5) is 11.4 Å². The molecule has 0 saturated carbocycles. The van der Waals surface area contributed by atoms with E-state index in [0.29, 0.717) is 36.5 Å². The van der Waals surface area contributed by atoms with Crippen molar-refractivity contribution >= 4 is 62.0 Å². The molecule has 4 N–H and O–H groups in total. The van der Waals surface area contributed by atoms with Crippen molar-refractivity contribution in [3.8, 4) is 0 Å². The highest BCUT2D eigenvalue weighted by atomic mass is 35.5. The quantitative estimate of drug-likeness (QED) is 0.638. The minimum atomic E-state index is -0.387. The number of carbonyl (C=O) groups excluding carboxylic acids is 1. The fourth-order valence-corrected chi connectivity index (χ4v) is 3.93. The summed E-state index contributed by atoms with van der Waals surface area (Å²) in [7, 11) is 0. The Morgan fingerprint density at radius 2 is 1.87 bits per heavy atom. The van der Waals surface area contributed by atoms with Crippen LogP contribution in [0.15, 0.2) is 29.1 Å². The lowest BCUT2D eigenvalue weighted by atomic mass is 10.1. The van der Waals surface area contributed by atoms with Gasteiger partial charge in [0.05, 0.1) is 5.69 Å². The molecule has 0 spiro atoms. The number of nitrogens with two attached hydrogens (primary N) is 1. The number of nitrogens with one attached hydrogen (secondary N) is 2. The molecule has 0 aliphatic carbocycles. The molecule has 0 unspecified atom stereocenters. The van der Waals surface area contributed by atoms with Crippen molar-refractivity contribution in [2.45, 2.75) is 6.92 Å². The number of anilines is 2. The molecule has 3 rings (SSSR count). The van der Waals surface area contributed by atoms with Gasteiger partial charge in [0.2, 0.25) is 5.56 Å². The highest BCUT2D eigenvalue weighted by molar-refractivity contribution is 7.21. The number of pyridine rings is 1. The Labute approximate surface area is 145 Å². The molecule has 0 aliphatic rings. The number of hydrogen-bond donors (Lipinski definition) is 3. The molecule has 1 aromatic carbocycles. The lowest BCUT2D eigenvalue weighted by Gasteiger charge is -2.05. The third kappa shape index (κ3) is 3.06. The van der Waals surface area contributed by atoms with Crippen molar-refractivity contribution in [1.29, 1.82) is 0 Å². The molecular formula is C15H11Cl2N3O2S. The van der Waals surface area contributed by atoms with E-state index in [0.717, 1.165) is 16.9 Å². The van der Waals surface area contributed by atoms with Gasteiger partial charge in [-0.15, -0.1) is 11.3 Å². The minimum absolute atomic E-state index is 0.232. The van der Waals surface area contributed by atoms with Gasteiger partial charge in [-0.1, -0.05) is 23.2 Å². The summed E-state index contributed by atoms with van der Waals surface area (Å²) in [6.45, 7) is 1.78. The Balaban J connectivity index is 2.03. The van der Waals surface area contributed by atoms with E-state index in [4.69, 9.17) is 28.9 Å². The summed E-state index contributed by atoms with van der Waals surface area (Å²) in [4.78, 5) is 27.6. The monoisotopic (exact) mass is 367 g/mol. The molecule has 0 saturated heterocycles. The molecule has 0 bridgehead atoms. The maximum absolute atomic E-state index is 12.5. The average Bonchev–Trinajstić information content (AvgIpc) is 2.74. The number of carbonyl (C=O) groups is 1. The normalized spacial score (nSPS) is 10.9. The van der Waals surface area contributed by atoms with Crippen molar-refractivity contribution in [2.24, 2.45) is 0 Å². The first-order valence-electron chi connectivity index (χ1n) is 6.54. The number of amides is 1. The summed E-state index contributed by atoms with van der Waals surface area (Å²) in [6, 6.07) is 6.19. The van der Waals surface area contributed by atoms with Crippen molar-refractivity contribution in [3.05, 3.63) is 55.1 Å². The fraction of sp³-hybridized carbons (Fsp3) is 0.0667. The van der Waals surface area contributed by atoms with E-state index in [-0.39, 0.29) is 11.5 Å². The maximum atomic E-state index is 12.5. The van der Waals surface area contributed by atoms with Crippen LogP contribution in [0.1, 0.15) is 15.2 Å². The van der Waals surface area contributed by atoms with Crippen LogP contribution in [0, 0.1) is 6.92 Å². The first-order valence-corrected chi connectivity index (χ1v) is 8.11. The predicted molar refractivity (Wildman–Crippen MR) is 96.0 cm³/mol. The molecule has 23 heavy (non-hydrogen) atoms. The molecule has 0 atom stereocenters. The number of aromatic nitrogens is 1. The van der Waals surface area contributed by atoms with E-state index in [2.05, 4.69) is 10.3 Å². The highest BCUT2D eigenvalue weighted by Gasteiger charge is 2.19. The number of hydrogen-bond acceptors (Lipinski definition) is 4. The zero-order chi connectivity index (χ0) is 16.7. The summed E-state index contributed by atoms with van der Waals surface area (Å²) < 4.78 is 0. The maximum Gasteiger partial charge on any atom is 0.267 e. The number of nitrogen functional groups attached to an aromatic ring is 1. The van der Waals surface area contributed by atoms with Gasteiger partial charge in [-0.05, 0) is 30.7 Å². The van der Waals surface area contributed by atoms with Gasteiger partial charge in [0.15, 0.2) is 0 Å². The van der Waals surface area contributed by atoms with Crippen LogP contribution in [0.2, 0.25) is 10.0 Å². The molecule has 2 heterocycles. The van der Waals surface area contributed by atoms with Gasteiger partial charge in [0, 0.05) is 27.2 Å². The fourth-order valence-electron chi connectivity index (χ4n) is 2.32. The summed E-state index contributed by atoms with van der Waals surface area (Å²) in [6.07, 6.45) is 0. The average molecular weight is 368 g/mol. The number of benzene rings is 1. The molecule has 3 aromatic rings. The molecule has 0 radical (unpaired) electrons. The van der Waals surface area contributed by atoms with Crippen LogP contribution >= 0.6 is 34.5 Å². The number of thiophene rings is 1. The number of fused-ring (bicyclic) bond motifs is 1. The van der Waals surface area contributed by atoms with Crippen LogP contribution < -0.4 is 16.6 Å².